The fraction of sp³-hybridized carbons (Fsp3) is 0.478. The van der Waals surface area contributed by atoms with E-state index in [0.717, 1.165) is 16.7 Å². The van der Waals surface area contributed by atoms with Crippen molar-refractivity contribution in [3.8, 4) is 11.1 Å². The minimum absolute atomic E-state index is 0.0350. The van der Waals surface area contributed by atoms with Gasteiger partial charge in [0.2, 0.25) is 0 Å². The molecular weight excluding hydrogens is 387 g/mol. The first-order chi connectivity index (χ1) is 14.2. The highest BCUT2D eigenvalue weighted by atomic mass is 19.1. The molecule has 0 spiro atoms. The van der Waals surface area contributed by atoms with E-state index in [1.54, 1.807) is 31.0 Å². The molecule has 2 aromatic rings. The highest BCUT2D eigenvalue weighted by Gasteiger charge is 2.33. The van der Waals surface area contributed by atoms with Gasteiger partial charge in [-0.2, -0.15) is 0 Å². The second kappa shape index (κ2) is 9.00. The highest BCUT2D eigenvalue weighted by molar-refractivity contribution is 5.69. The van der Waals surface area contributed by atoms with Crippen LogP contribution in [0, 0.1) is 0 Å². The van der Waals surface area contributed by atoms with Gasteiger partial charge in [0.1, 0.15) is 12.8 Å². The van der Waals surface area contributed by atoms with E-state index in [2.05, 4.69) is 0 Å². The number of cyclic esters (lactones) is 1. The van der Waals surface area contributed by atoms with E-state index in [1.165, 1.54) is 10.6 Å². The third kappa shape index (κ3) is 5.27. The predicted octanol–water partition coefficient (Wildman–Crippen LogP) is 3.92. The Morgan fingerprint density at radius 2 is 1.83 bits per heavy atom. The van der Waals surface area contributed by atoms with Crippen LogP contribution in [0.2, 0.25) is 0 Å². The summed E-state index contributed by atoms with van der Waals surface area (Å²) >= 11 is 0. The van der Waals surface area contributed by atoms with E-state index in [9.17, 15) is 19.1 Å². The van der Waals surface area contributed by atoms with E-state index < -0.39 is 12.3 Å². The Morgan fingerprint density at radius 3 is 2.43 bits per heavy atom. The van der Waals surface area contributed by atoms with Crippen LogP contribution in [0.4, 0.5) is 9.18 Å². The fourth-order valence-corrected chi connectivity index (χ4v) is 3.80. The smallest absolute Gasteiger partial charge is 0.410 e. The van der Waals surface area contributed by atoms with Crippen LogP contribution in [0.3, 0.4) is 0 Å². The van der Waals surface area contributed by atoms with Crippen LogP contribution in [0.5, 0.6) is 0 Å². The zero-order valence-corrected chi connectivity index (χ0v) is 17.7. The minimum atomic E-state index is -0.874. The number of aromatic nitrogens is 1. The molecule has 1 N–H and O–H groups in total. The lowest BCUT2D eigenvalue weighted by Crippen LogP contribution is -2.45. The maximum Gasteiger partial charge on any atom is 0.410 e. The number of rotatable bonds is 7. The lowest BCUT2D eigenvalue weighted by Gasteiger charge is -2.37. The number of aryl methyl sites for hydroxylation is 1. The Kier molecular flexibility index (Phi) is 6.61. The van der Waals surface area contributed by atoms with Crippen LogP contribution in [0.25, 0.3) is 11.1 Å². The van der Waals surface area contributed by atoms with Crippen LogP contribution in [-0.2, 0) is 11.3 Å². The van der Waals surface area contributed by atoms with Crippen molar-refractivity contribution < 1.29 is 19.0 Å². The van der Waals surface area contributed by atoms with Crippen LogP contribution in [0.15, 0.2) is 47.4 Å². The average Bonchev–Trinajstić information content (AvgIpc) is 2.68. The minimum Gasteiger partial charge on any atom is -0.446 e. The van der Waals surface area contributed by atoms with Gasteiger partial charge in [-0.3, -0.25) is 4.79 Å². The molecular formula is C23H29FN2O4. The Bertz CT molecular complexity index is 933. The predicted molar refractivity (Wildman–Crippen MR) is 113 cm³/mol. The molecule has 2 heterocycles. The van der Waals surface area contributed by atoms with Crippen molar-refractivity contribution in [2.75, 3.05) is 13.2 Å². The van der Waals surface area contributed by atoms with Crippen molar-refractivity contribution in [1.82, 2.24) is 9.47 Å². The quantitative estimate of drug-likeness (QED) is 0.743. The van der Waals surface area contributed by atoms with E-state index in [1.807, 2.05) is 31.2 Å². The summed E-state index contributed by atoms with van der Waals surface area (Å²) in [7, 11) is 0. The summed E-state index contributed by atoms with van der Waals surface area (Å²) in [6.07, 6.45) is 2.10. The molecule has 6 nitrogen and oxygen atoms in total. The molecule has 30 heavy (non-hydrogen) atoms. The van der Waals surface area contributed by atoms with Crippen LogP contribution in [-0.4, -0.2) is 45.6 Å². The lowest BCUT2D eigenvalue weighted by atomic mass is 9.97. The van der Waals surface area contributed by atoms with Crippen molar-refractivity contribution in [2.24, 2.45) is 0 Å². The average molecular weight is 416 g/mol. The molecule has 1 saturated heterocycles. The molecule has 162 valence electrons. The van der Waals surface area contributed by atoms with Gasteiger partial charge in [0.25, 0.3) is 5.56 Å². The number of pyridine rings is 1. The Hall–Kier alpha value is -2.67. The Balaban J connectivity index is 1.70. The third-order valence-electron chi connectivity index (χ3n) is 5.42. The molecule has 1 amide bonds. The van der Waals surface area contributed by atoms with Gasteiger partial charge in [-0.1, -0.05) is 24.3 Å². The maximum atomic E-state index is 12.6. The molecule has 1 aliphatic heterocycles. The topological polar surface area (TPSA) is 71.8 Å². The molecule has 1 fully saturated rings. The van der Waals surface area contributed by atoms with Crippen LogP contribution < -0.4 is 5.56 Å². The van der Waals surface area contributed by atoms with Crippen LogP contribution in [0.1, 0.15) is 45.2 Å². The standard InChI is InChI=1S/C23H29FN2O4/c1-16(26-12-10-20(30-22(26)28)14-23(2,3)29)17-4-6-18(7-5-17)19-8-9-21(27)25(15-19)13-11-24/h4-9,15-16,20,29H,10-14H2,1-3H3. The first-order valence-corrected chi connectivity index (χ1v) is 10.2. The molecule has 2 unspecified atom stereocenters. The number of hydrogen-bond acceptors (Lipinski definition) is 4. The summed E-state index contributed by atoms with van der Waals surface area (Å²) in [5, 5.41) is 9.95. The number of aliphatic hydroxyl groups is 1. The molecule has 2 atom stereocenters. The van der Waals surface area contributed by atoms with Gasteiger partial charge < -0.3 is 19.3 Å². The molecule has 1 aromatic heterocycles. The fourth-order valence-electron chi connectivity index (χ4n) is 3.80. The largest absolute Gasteiger partial charge is 0.446 e. The van der Waals surface area contributed by atoms with Crippen molar-refractivity contribution in [2.45, 2.75) is 57.9 Å². The second-order valence-corrected chi connectivity index (χ2v) is 8.44. The number of alkyl halides is 1. The summed E-state index contributed by atoms with van der Waals surface area (Å²) < 4.78 is 19.5. The first kappa shape index (κ1) is 22.0. The zero-order chi connectivity index (χ0) is 21.9. The number of carbonyl (C=O) groups excluding carboxylic acids is 1. The number of hydrogen-bond donors (Lipinski definition) is 1. The van der Waals surface area contributed by atoms with Crippen molar-refractivity contribution in [3.63, 3.8) is 0 Å². The lowest BCUT2D eigenvalue weighted by molar-refractivity contribution is -0.0309. The van der Waals surface area contributed by atoms with Crippen molar-refractivity contribution in [1.29, 1.82) is 0 Å². The molecule has 3 rings (SSSR count). The van der Waals surface area contributed by atoms with Gasteiger partial charge in [0.05, 0.1) is 18.2 Å². The number of amides is 1. The third-order valence-corrected chi connectivity index (χ3v) is 5.42. The molecule has 1 aromatic carbocycles. The molecule has 0 radical (unpaired) electrons. The normalized spacial score (nSPS) is 18.2. The van der Waals surface area contributed by atoms with Gasteiger partial charge in [0, 0.05) is 31.6 Å². The molecule has 0 aliphatic carbocycles. The molecule has 1 aliphatic rings. The highest BCUT2D eigenvalue weighted by Crippen LogP contribution is 2.29. The summed E-state index contributed by atoms with van der Waals surface area (Å²) in [4.78, 5) is 26.0. The number of halogens is 1. The van der Waals surface area contributed by atoms with Gasteiger partial charge in [0.15, 0.2) is 0 Å². The van der Waals surface area contributed by atoms with Crippen LogP contribution >= 0.6 is 0 Å². The van der Waals surface area contributed by atoms with Gasteiger partial charge in [-0.15, -0.1) is 0 Å². The zero-order valence-electron chi connectivity index (χ0n) is 17.7. The Morgan fingerprint density at radius 1 is 1.17 bits per heavy atom. The SMILES string of the molecule is CC(c1ccc(-c2ccc(=O)n(CCF)c2)cc1)N1CCC(CC(C)(C)O)OC1=O. The summed E-state index contributed by atoms with van der Waals surface area (Å²) in [6.45, 7) is 5.38. The van der Waals surface area contributed by atoms with Gasteiger partial charge in [-0.05, 0) is 43.5 Å². The van der Waals surface area contributed by atoms with E-state index >= 15 is 0 Å². The van der Waals surface area contributed by atoms with E-state index in [-0.39, 0.29) is 30.3 Å². The number of benzene rings is 1. The molecule has 0 saturated carbocycles. The first-order valence-electron chi connectivity index (χ1n) is 10.2. The Labute approximate surface area is 175 Å². The molecule has 7 heteroatoms. The van der Waals surface area contributed by atoms with Gasteiger partial charge in [-0.25, -0.2) is 9.18 Å². The summed E-state index contributed by atoms with van der Waals surface area (Å²) in [5.74, 6) is 0. The number of nitrogens with zero attached hydrogens (tertiary/aromatic N) is 2. The second-order valence-electron chi connectivity index (χ2n) is 8.44. The number of carbonyl (C=O) groups is 1. The van der Waals surface area contributed by atoms with E-state index in [0.29, 0.717) is 19.4 Å². The van der Waals surface area contributed by atoms with Gasteiger partial charge >= 0.3 is 6.09 Å². The van der Waals surface area contributed by atoms with Crippen molar-refractivity contribution >= 4 is 6.09 Å². The van der Waals surface area contributed by atoms with E-state index in [4.69, 9.17) is 4.74 Å². The molecule has 0 bridgehead atoms. The number of ether oxygens (including phenoxy) is 1. The maximum absolute atomic E-state index is 12.6. The monoisotopic (exact) mass is 416 g/mol. The summed E-state index contributed by atoms with van der Waals surface area (Å²) in [6, 6.07) is 10.8. The summed E-state index contributed by atoms with van der Waals surface area (Å²) in [5.41, 5.74) is 1.60. The van der Waals surface area contributed by atoms with Crippen molar-refractivity contribution in [3.05, 3.63) is 58.5 Å².